The van der Waals surface area contributed by atoms with Crippen molar-refractivity contribution in [3.8, 4) is 22.3 Å². The van der Waals surface area contributed by atoms with Gasteiger partial charge in [0.25, 0.3) is 5.91 Å². The molecule has 0 fully saturated rings. The molecule has 2 aliphatic rings. The van der Waals surface area contributed by atoms with Gasteiger partial charge in [-0.15, -0.1) is 5.10 Å². The number of para-hydroxylation sites is 1. The molecular weight excluding hydrogens is 1160 g/mol. The van der Waals surface area contributed by atoms with E-state index in [9.17, 15) is 33.9 Å². The Labute approximate surface area is 528 Å². The van der Waals surface area contributed by atoms with Crippen LogP contribution in [0, 0.1) is 0 Å². The summed E-state index contributed by atoms with van der Waals surface area (Å²) < 4.78 is 17.3. The predicted octanol–water partition coefficient (Wildman–Crippen LogP) is 10.4. The number of imidazole rings is 3. The number of amides is 3. The van der Waals surface area contributed by atoms with Crippen LogP contribution < -0.4 is 16.0 Å². The van der Waals surface area contributed by atoms with Crippen molar-refractivity contribution in [3.05, 3.63) is 198 Å². The van der Waals surface area contributed by atoms with Crippen molar-refractivity contribution in [2.75, 3.05) is 32.8 Å². The molecule has 480 valence electrons. The van der Waals surface area contributed by atoms with Crippen LogP contribution in [0.5, 0.6) is 0 Å². The Morgan fingerprint density at radius 3 is 1.23 bits per heavy atom. The minimum atomic E-state index is -1.14. The number of fused-ring (bicyclic) bond motifs is 7. The third-order valence-corrected chi connectivity index (χ3v) is 14.7. The van der Waals surface area contributed by atoms with Crippen molar-refractivity contribution in [2.45, 2.75) is 111 Å². The van der Waals surface area contributed by atoms with Crippen LogP contribution in [-0.4, -0.2) is 153 Å². The molecule has 5 aromatic carbocycles. The average Bonchev–Trinajstić information content (AvgIpc) is 1.72. The number of aromatic amines is 3. The van der Waals surface area contributed by atoms with E-state index in [4.69, 9.17) is 19.3 Å². The summed E-state index contributed by atoms with van der Waals surface area (Å²) in [6, 6.07) is 36.4. The topological polar surface area (TPSA) is 327 Å². The molecule has 0 bridgehead atoms. The van der Waals surface area contributed by atoms with Crippen molar-refractivity contribution in [3.63, 3.8) is 0 Å². The van der Waals surface area contributed by atoms with Crippen LogP contribution in [0.3, 0.4) is 0 Å². The highest BCUT2D eigenvalue weighted by Crippen LogP contribution is 2.45. The van der Waals surface area contributed by atoms with E-state index in [0.29, 0.717) is 28.1 Å². The van der Waals surface area contributed by atoms with E-state index >= 15 is 0 Å². The Morgan fingerprint density at radius 1 is 0.527 bits per heavy atom. The molecule has 8 N–H and O–H groups in total. The first-order chi connectivity index (χ1) is 42.9. The van der Waals surface area contributed by atoms with Gasteiger partial charge in [0.1, 0.15) is 42.5 Å². The lowest BCUT2D eigenvalue weighted by Crippen LogP contribution is -2.45. The van der Waals surface area contributed by atoms with Gasteiger partial charge in [-0.1, -0.05) is 150 Å². The minimum Gasteiger partial charge on any atom is -0.480 e. The second-order valence-electron chi connectivity index (χ2n) is 21.7. The zero-order valence-electron chi connectivity index (χ0n) is 50.3. The van der Waals surface area contributed by atoms with Crippen molar-refractivity contribution >= 4 is 47.2 Å². The molecule has 11 rings (SSSR count). The summed E-state index contributed by atoms with van der Waals surface area (Å²) in [5.74, 6) is -2.84. The number of rotatable bonds is 19. The summed E-state index contributed by atoms with van der Waals surface area (Å²) in [6.07, 6.45) is 7.28. The Morgan fingerprint density at radius 2 is 0.879 bits per heavy atom. The number of carbonyl (C=O) groups excluding carboxylic acids is 4. The molecule has 24 nitrogen and oxygen atoms in total. The summed E-state index contributed by atoms with van der Waals surface area (Å²) >= 11 is 0. The molecule has 0 saturated carbocycles. The lowest BCUT2D eigenvalue weighted by atomic mass is 9.98. The second kappa shape index (κ2) is 33.2. The first-order valence-electron chi connectivity index (χ1n) is 29.1. The van der Waals surface area contributed by atoms with Gasteiger partial charge in [0.2, 0.25) is 0 Å². The summed E-state index contributed by atoms with van der Waals surface area (Å²) in [7, 11) is 0. The lowest BCUT2D eigenvalue weighted by molar-refractivity contribution is -0.140. The minimum absolute atomic E-state index is 0. The average molecular weight is 1240 g/mol. The monoisotopic (exact) mass is 1240 g/mol. The third-order valence-electron chi connectivity index (χ3n) is 14.7. The van der Waals surface area contributed by atoms with E-state index in [1.807, 2.05) is 66.7 Å². The summed E-state index contributed by atoms with van der Waals surface area (Å²) in [5.41, 5.74) is 11.4. The number of aliphatic carboxylic acids is 2. The number of benzene rings is 5. The van der Waals surface area contributed by atoms with Crippen LogP contribution in [0.25, 0.3) is 33.3 Å². The maximum Gasteiger partial charge on any atom is 0.408 e. The van der Waals surface area contributed by atoms with Gasteiger partial charge in [0, 0.05) is 66.8 Å². The normalized spacial score (nSPS) is 12.7. The first-order valence-corrected chi connectivity index (χ1v) is 29.1. The molecule has 4 aromatic heterocycles. The zero-order chi connectivity index (χ0) is 63.5. The summed E-state index contributed by atoms with van der Waals surface area (Å²) in [4.78, 5) is 95.2. The second-order valence-corrected chi connectivity index (χ2v) is 21.7. The van der Waals surface area contributed by atoms with Crippen molar-refractivity contribution < 1.29 is 53.2 Å². The van der Waals surface area contributed by atoms with E-state index < -0.39 is 59.9 Å². The molecule has 3 atom stereocenters. The maximum absolute atomic E-state index is 13.4. The van der Waals surface area contributed by atoms with Gasteiger partial charge in [0.15, 0.2) is 0 Å². The molecule has 1 unspecified atom stereocenters. The van der Waals surface area contributed by atoms with E-state index in [-0.39, 0.29) is 59.2 Å². The number of hydrogen-bond donors (Lipinski definition) is 8. The van der Waals surface area contributed by atoms with Crippen molar-refractivity contribution in [1.82, 2.24) is 65.7 Å². The SMILES string of the molecule is C.C.CC(C)(C)OC(=O)N[C@@H](Cc1cnc[nH]1)C(=O)O.CCN(CC)CC.O=C(NC(Cc1cnc[nH]1)C(=O)O)OCC1c2ccccc2-c2ccccc21.O=C(N[C@@H](Cc1cnc[nH]1)C(=O)n1nnc2ccccc21)OCC1c2ccccc2-c2ccccc21. The molecular formula is C67H81N13O11. The number of aromatic nitrogens is 9. The fraction of sp³-hybridized carbons (Fsp3) is 0.328. The van der Waals surface area contributed by atoms with E-state index in [1.54, 1.807) is 45.2 Å². The van der Waals surface area contributed by atoms with Gasteiger partial charge in [-0.25, -0.2) is 38.9 Å². The number of nitrogens with zero attached hydrogens (tertiary/aromatic N) is 7. The molecule has 0 saturated heterocycles. The molecule has 0 aliphatic heterocycles. The van der Waals surface area contributed by atoms with Gasteiger partial charge in [-0.3, -0.25) is 4.79 Å². The molecule has 91 heavy (non-hydrogen) atoms. The molecule has 0 spiro atoms. The van der Waals surface area contributed by atoms with Crippen LogP contribution in [0.1, 0.15) is 112 Å². The third kappa shape index (κ3) is 18.8. The molecule has 3 amide bonds. The molecule has 9 aromatic rings. The number of carbonyl (C=O) groups is 6. The fourth-order valence-electron chi connectivity index (χ4n) is 10.3. The van der Waals surface area contributed by atoms with E-state index in [2.05, 4.69) is 118 Å². The zero-order valence-corrected chi connectivity index (χ0v) is 50.3. The predicted molar refractivity (Wildman–Crippen MR) is 344 cm³/mol. The fourth-order valence-corrected chi connectivity index (χ4v) is 10.3. The van der Waals surface area contributed by atoms with Crippen molar-refractivity contribution in [1.29, 1.82) is 0 Å². The number of hydrogen-bond acceptors (Lipinski definition) is 15. The van der Waals surface area contributed by atoms with Gasteiger partial charge in [-0.05, 0) is 97.0 Å². The molecule has 4 heterocycles. The smallest absolute Gasteiger partial charge is 0.408 e. The summed E-state index contributed by atoms with van der Waals surface area (Å²) in [5, 5.41) is 33.9. The highest BCUT2D eigenvalue weighted by molar-refractivity contribution is 5.94. The van der Waals surface area contributed by atoms with Gasteiger partial charge in [0.05, 0.1) is 24.5 Å². The van der Waals surface area contributed by atoms with E-state index in [0.717, 1.165) is 44.5 Å². The first kappa shape index (κ1) is 69.6. The van der Waals surface area contributed by atoms with Crippen LogP contribution in [-0.2, 0) is 43.1 Å². The molecule has 24 heteroatoms. The number of alkyl carbamates (subject to hydrolysis) is 3. The van der Waals surface area contributed by atoms with Gasteiger partial charge < -0.3 is 60.2 Å². The largest absolute Gasteiger partial charge is 0.480 e. The van der Waals surface area contributed by atoms with E-state index in [1.165, 1.54) is 55.7 Å². The maximum atomic E-state index is 13.4. The molecule has 0 radical (unpaired) electrons. The number of carboxylic acids is 2. The van der Waals surface area contributed by atoms with Crippen LogP contribution in [0.15, 0.2) is 159 Å². The standard InChI is InChI=1S/C27H22N6O3.C21H19N3O4.C11H17N3O4.C6H15N.2CH4/c34-26(33-25-12-6-5-11-23(25)31-32-33)24(13-17-14-28-16-29-17)30-27(35)36-15-22-20-9-3-1-7-18(20)19-8-2-4-10-21(19)22;25-20(26)19(9-13-10-22-12-23-13)24-21(27)28-11-18-16-7-3-1-5-14(16)15-6-2-4-8-17(15)18;1-11(2,3)18-10(17)14-8(9(15)16)4-7-5-12-6-13-7;1-4-7(5-2)6-3;;/h1-12,14,16,22,24H,13,15H2,(H,28,29)(H,30,35);1-8,10,12,18-19H,9,11H2,(H,22,23)(H,24,27)(H,25,26);5-6,8H,4H2,1-3H3,(H,12,13)(H,14,17)(H,15,16);4-6H2,1-3H3;2*1H4/t24-;;8-;;;/m0.0.../s1. The highest BCUT2D eigenvalue weighted by Gasteiger charge is 2.33. The van der Waals surface area contributed by atoms with Gasteiger partial charge >= 0.3 is 30.2 Å². The van der Waals surface area contributed by atoms with Crippen molar-refractivity contribution in [2.24, 2.45) is 0 Å². The van der Waals surface area contributed by atoms with Crippen LogP contribution in [0.2, 0.25) is 0 Å². The Bertz CT molecular complexity index is 3690. The lowest BCUT2D eigenvalue weighted by Gasteiger charge is -2.21. The Balaban J connectivity index is 0.000000213. The number of nitrogens with one attached hydrogen (secondary N) is 6. The quantitative estimate of drug-likeness (QED) is 0.0349. The van der Waals surface area contributed by atoms with Crippen LogP contribution >= 0.6 is 0 Å². The van der Waals surface area contributed by atoms with Gasteiger partial charge in [-0.2, -0.15) is 4.68 Å². The Kier molecular flexibility index (Phi) is 25.4. The molecule has 2 aliphatic carbocycles. The Hall–Kier alpha value is -10.5. The summed E-state index contributed by atoms with van der Waals surface area (Å²) in [6.45, 7) is 15.5. The number of carboxylic acid groups (broad SMARTS) is 2. The number of H-pyrrole nitrogens is 3. The van der Waals surface area contributed by atoms with Crippen LogP contribution in [0.4, 0.5) is 14.4 Å². The highest BCUT2D eigenvalue weighted by atomic mass is 16.6. The number of ether oxygens (including phenoxy) is 3.